The first-order chi connectivity index (χ1) is 9.22. The summed E-state index contributed by atoms with van der Waals surface area (Å²) in [5.41, 5.74) is 1.64. The standard InChI is InChI=1S/C14H13Cl2NO2/c1-18-9-10-3-2-4-11(7-10)19-14-6-5-12(16)13(8-15)17-14/h2-7H,8-9H2,1H3. The SMILES string of the molecule is COCc1cccc(Oc2ccc(Cl)c(CCl)n2)c1. The number of ether oxygens (including phenoxy) is 2. The van der Waals surface area contributed by atoms with Crippen molar-refractivity contribution >= 4 is 23.2 Å². The Labute approximate surface area is 122 Å². The lowest BCUT2D eigenvalue weighted by Gasteiger charge is -2.08. The van der Waals surface area contributed by atoms with E-state index in [1.807, 2.05) is 24.3 Å². The van der Waals surface area contributed by atoms with Crippen molar-refractivity contribution in [2.24, 2.45) is 0 Å². The van der Waals surface area contributed by atoms with Crippen molar-refractivity contribution in [1.29, 1.82) is 0 Å². The van der Waals surface area contributed by atoms with Gasteiger partial charge in [-0.25, -0.2) is 4.98 Å². The minimum Gasteiger partial charge on any atom is -0.439 e. The average Bonchev–Trinajstić information content (AvgIpc) is 2.42. The maximum Gasteiger partial charge on any atom is 0.219 e. The topological polar surface area (TPSA) is 31.4 Å². The quantitative estimate of drug-likeness (QED) is 0.766. The number of pyridine rings is 1. The van der Waals surface area contributed by atoms with Crippen LogP contribution in [0.2, 0.25) is 5.02 Å². The molecule has 5 heteroatoms. The number of nitrogens with zero attached hydrogens (tertiary/aromatic N) is 1. The van der Waals surface area contributed by atoms with Gasteiger partial charge in [-0.05, 0) is 23.8 Å². The molecule has 0 radical (unpaired) electrons. The maximum absolute atomic E-state index is 5.95. The second-order valence-corrected chi connectivity index (χ2v) is 4.57. The molecule has 2 rings (SSSR count). The molecule has 0 unspecified atom stereocenters. The highest BCUT2D eigenvalue weighted by atomic mass is 35.5. The number of hydrogen-bond acceptors (Lipinski definition) is 3. The van der Waals surface area contributed by atoms with E-state index < -0.39 is 0 Å². The number of alkyl halides is 1. The van der Waals surface area contributed by atoms with Crippen molar-refractivity contribution in [3.63, 3.8) is 0 Å². The summed E-state index contributed by atoms with van der Waals surface area (Å²) in [7, 11) is 1.65. The van der Waals surface area contributed by atoms with Gasteiger partial charge in [-0.3, -0.25) is 0 Å². The predicted molar refractivity (Wildman–Crippen MR) is 76.0 cm³/mol. The van der Waals surface area contributed by atoms with Crippen molar-refractivity contribution in [1.82, 2.24) is 4.98 Å². The number of methoxy groups -OCH3 is 1. The van der Waals surface area contributed by atoms with E-state index in [-0.39, 0.29) is 5.88 Å². The molecule has 0 spiro atoms. The first-order valence-corrected chi connectivity index (χ1v) is 6.61. The first-order valence-electron chi connectivity index (χ1n) is 5.70. The molecule has 100 valence electrons. The molecule has 0 aliphatic heterocycles. The third-order valence-electron chi connectivity index (χ3n) is 2.45. The second kappa shape index (κ2) is 6.75. The highest BCUT2D eigenvalue weighted by molar-refractivity contribution is 6.32. The van der Waals surface area contributed by atoms with Crippen LogP contribution in [-0.2, 0) is 17.2 Å². The van der Waals surface area contributed by atoms with Crippen LogP contribution in [0, 0.1) is 0 Å². The minimum absolute atomic E-state index is 0.250. The summed E-state index contributed by atoms with van der Waals surface area (Å²) in [6.07, 6.45) is 0. The normalized spacial score (nSPS) is 10.5. The summed E-state index contributed by atoms with van der Waals surface area (Å²) in [4.78, 5) is 4.24. The van der Waals surface area contributed by atoms with E-state index in [0.717, 1.165) is 5.56 Å². The summed E-state index contributed by atoms with van der Waals surface area (Å²) in [5.74, 6) is 1.42. The highest BCUT2D eigenvalue weighted by Crippen LogP contribution is 2.24. The van der Waals surface area contributed by atoms with Crippen molar-refractivity contribution in [2.45, 2.75) is 12.5 Å². The lowest BCUT2D eigenvalue weighted by molar-refractivity contribution is 0.184. The molecule has 2 aromatic rings. The maximum atomic E-state index is 5.95. The summed E-state index contributed by atoms with van der Waals surface area (Å²) < 4.78 is 10.8. The van der Waals surface area contributed by atoms with E-state index in [9.17, 15) is 0 Å². The smallest absolute Gasteiger partial charge is 0.219 e. The Kier molecular flexibility index (Phi) is 5.02. The van der Waals surface area contributed by atoms with Gasteiger partial charge in [-0.15, -0.1) is 11.6 Å². The Morgan fingerprint density at radius 3 is 2.79 bits per heavy atom. The van der Waals surface area contributed by atoms with E-state index in [0.29, 0.717) is 29.0 Å². The third kappa shape index (κ3) is 3.83. The van der Waals surface area contributed by atoms with Gasteiger partial charge in [0.2, 0.25) is 5.88 Å². The molecular weight excluding hydrogens is 285 g/mol. The molecule has 3 nitrogen and oxygen atoms in total. The van der Waals surface area contributed by atoms with Gasteiger partial charge in [0.1, 0.15) is 5.75 Å². The van der Waals surface area contributed by atoms with Crippen molar-refractivity contribution < 1.29 is 9.47 Å². The van der Waals surface area contributed by atoms with Crippen molar-refractivity contribution in [3.05, 3.63) is 52.7 Å². The monoisotopic (exact) mass is 297 g/mol. The van der Waals surface area contributed by atoms with Crippen LogP contribution in [0.15, 0.2) is 36.4 Å². The van der Waals surface area contributed by atoms with Crippen LogP contribution in [-0.4, -0.2) is 12.1 Å². The summed E-state index contributed by atoms with van der Waals surface area (Å²) in [6.45, 7) is 0.540. The lowest BCUT2D eigenvalue weighted by Crippen LogP contribution is -1.94. The van der Waals surface area contributed by atoms with Gasteiger partial charge < -0.3 is 9.47 Å². The average molecular weight is 298 g/mol. The molecule has 0 saturated heterocycles. The van der Waals surface area contributed by atoms with Gasteiger partial charge in [-0.2, -0.15) is 0 Å². The van der Waals surface area contributed by atoms with Gasteiger partial charge >= 0.3 is 0 Å². The lowest BCUT2D eigenvalue weighted by atomic mass is 10.2. The van der Waals surface area contributed by atoms with Gasteiger partial charge in [-0.1, -0.05) is 23.7 Å². The largest absolute Gasteiger partial charge is 0.439 e. The van der Waals surface area contributed by atoms with Crippen molar-refractivity contribution in [2.75, 3.05) is 7.11 Å². The highest BCUT2D eigenvalue weighted by Gasteiger charge is 2.05. The van der Waals surface area contributed by atoms with Crippen LogP contribution in [0.5, 0.6) is 11.6 Å². The van der Waals surface area contributed by atoms with E-state index in [2.05, 4.69) is 4.98 Å². The fourth-order valence-corrected chi connectivity index (χ4v) is 2.05. The molecule has 0 atom stereocenters. The van der Waals surface area contributed by atoms with Gasteiger partial charge in [0.15, 0.2) is 0 Å². The van der Waals surface area contributed by atoms with Crippen LogP contribution in [0.25, 0.3) is 0 Å². The molecule has 0 aliphatic carbocycles. The summed E-state index contributed by atoms with van der Waals surface area (Å²) >= 11 is 11.7. The van der Waals surface area contributed by atoms with E-state index in [4.69, 9.17) is 32.7 Å². The Balaban J connectivity index is 2.18. The molecule has 1 heterocycles. The fraction of sp³-hybridized carbons (Fsp3) is 0.214. The van der Waals surface area contributed by atoms with Crippen molar-refractivity contribution in [3.8, 4) is 11.6 Å². The van der Waals surface area contributed by atoms with Gasteiger partial charge in [0, 0.05) is 13.2 Å². The Bertz CT molecular complexity index is 561. The number of rotatable bonds is 5. The Morgan fingerprint density at radius 1 is 1.21 bits per heavy atom. The molecule has 0 bridgehead atoms. The zero-order chi connectivity index (χ0) is 13.7. The molecule has 1 aromatic carbocycles. The fourth-order valence-electron chi connectivity index (χ4n) is 1.60. The predicted octanol–water partition coefficient (Wildman–Crippen LogP) is 4.41. The molecule has 0 saturated carbocycles. The van der Waals surface area contributed by atoms with Crippen LogP contribution >= 0.6 is 23.2 Å². The van der Waals surface area contributed by atoms with Gasteiger partial charge in [0.05, 0.1) is 23.2 Å². The molecule has 0 aliphatic rings. The molecule has 1 aromatic heterocycles. The first kappa shape index (κ1) is 14.1. The van der Waals surface area contributed by atoms with Crippen LogP contribution in [0.3, 0.4) is 0 Å². The zero-order valence-electron chi connectivity index (χ0n) is 10.4. The number of halogens is 2. The second-order valence-electron chi connectivity index (χ2n) is 3.89. The number of hydrogen-bond donors (Lipinski definition) is 0. The van der Waals surface area contributed by atoms with E-state index in [1.165, 1.54) is 0 Å². The third-order valence-corrected chi connectivity index (χ3v) is 3.05. The Hall–Kier alpha value is -1.29. The molecule has 0 amide bonds. The number of benzene rings is 1. The molecule has 0 fully saturated rings. The molecule has 0 N–H and O–H groups in total. The van der Waals surface area contributed by atoms with E-state index >= 15 is 0 Å². The van der Waals surface area contributed by atoms with Crippen LogP contribution in [0.1, 0.15) is 11.3 Å². The zero-order valence-corrected chi connectivity index (χ0v) is 11.9. The summed E-state index contributed by atoms with van der Waals surface area (Å²) in [5, 5.41) is 0.537. The van der Waals surface area contributed by atoms with Gasteiger partial charge in [0.25, 0.3) is 0 Å². The Morgan fingerprint density at radius 2 is 2.05 bits per heavy atom. The summed E-state index contributed by atoms with van der Waals surface area (Å²) in [6, 6.07) is 11.1. The van der Waals surface area contributed by atoms with Crippen LogP contribution < -0.4 is 4.74 Å². The minimum atomic E-state index is 0.250. The van der Waals surface area contributed by atoms with E-state index in [1.54, 1.807) is 19.2 Å². The van der Waals surface area contributed by atoms with Crippen LogP contribution in [0.4, 0.5) is 0 Å². The molecule has 19 heavy (non-hydrogen) atoms. The molecular formula is C14H13Cl2NO2. The number of aromatic nitrogens is 1.